The van der Waals surface area contributed by atoms with Crippen molar-refractivity contribution >= 4 is 5.91 Å². The molecule has 0 saturated carbocycles. The first kappa shape index (κ1) is 16.7. The van der Waals surface area contributed by atoms with Crippen LogP contribution in [0, 0.1) is 0 Å². The molecule has 1 atom stereocenters. The molecule has 0 aliphatic carbocycles. The van der Waals surface area contributed by atoms with Gasteiger partial charge in [0.15, 0.2) is 0 Å². The van der Waals surface area contributed by atoms with Gasteiger partial charge in [-0.3, -0.25) is 4.79 Å². The van der Waals surface area contributed by atoms with Crippen molar-refractivity contribution in [2.45, 2.75) is 58.4 Å². The van der Waals surface area contributed by atoms with E-state index in [1.165, 1.54) is 0 Å². The number of carbonyl (C=O) groups excluding carboxylic acids is 1. The van der Waals surface area contributed by atoms with Gasteiger partial charge in [0.1, 0.15) is 17.5 Å². The van der Waals surface area contributed by atoms with Gasteiger partial charge in [0.05, 0.1) is 0 Å². The van der Waals surface area contributed by atoms with Crippen LogP contribution in [0.15, 0.2) is 34.7 Å². The van der Waals surface area contributed by atoms with Crippen molar-refractivity contribution in [3.63, 3.8) is 0 Å². The monoisotopic (exact) mass is 326 g/mol. The van der Waals surface area contributed by atoms with Crippen LogP contribution in [0.5, 0.6) is 0 Å². The predicted molar refractivity (Wildman–Crippen MR) is 94.6 cm³/mol. The van der Waals surface area contributed by atoms with Crippen LogP contribution in [0.1, 0.15) is 70.1 Å². The average Bonchev–Trinajstić information content (AvgIpc) is 3.22. The van der Waals surface area contributed by atoms with Gasteiger partial charge < -0.3 is 9.32 Å². The van der Waals surface area contributed by atoms with Crippen LogP contribution in [-0.2, 0) is 4.79 Å². The summed E-state index contributed by atoms with van der Waals surface area (Å²) < 4.78 is 6.17. The molecular weight excluding hydrogens is 300 g/mol. The minimum atomic E-state index is -0.0148. The summed E-state index contributed by atoms with van der Waals surface area (Å²) in [6, 6.07) is 10.1. The summed E-state index contributed by atoms with van der Waals surface area (Å²) in [5.41, 5.74) is 1.98. The minimum absolute atomic E-state index is 0.0148. The van der Waals surface area contributed by atoms with Gasteiger partial charge in [0, 0.05) is 24.4 Å². The summed E-state index contributed by atoms with van der Waals surface area (Å²) in [5, 5.41) is 0. The molecule has 24 heavy (non-hydrogen) atoms. The highest BCUT2D eigenvalue weighted by atomic mass is 16.4. The van der Waals surface area contributed by atoms with E-state index >= 15 is 0 Å². The normalized spacial score (nSPS) is 17.7. The zero-order chi connectivity index (χ0) is 17.1. The Morgan fingerprint density at radius 3 is 2.75 bits per heavy atom. The molecule has 0 unspecified atom stereocenters. The van der Waals surface area contributed by atoms with Gasteiger partial charge in [0.25, 0.3) is 0 Å². The Kier molecular flexibility index (Phi) is 5.03. The van der Waals surface area contributed by atoms with E-state index in [0.717, 1.165) is 42.8 Å². The molecule has 1 aliphatic rings. The number of aromatic nitrogens is 1. The highest BCUT2D eigenvalue weighted by Gasteiger charge is 2.34. The molecule has 0 radical (unpaired) electrons. The number of hydrogen-bond donors (Lipinski definition) is 0. The first-order valence-electron chi connectivity index (χ1n) is 8.97. The first-order chi connectivity index (χ1) is 11.6. The zero-order valence-electron chi connectivity index (χ0n) is 14.8. The van der Waals surface area contributed by atoms with Crippen molar-refractivity contribution in [2.24, 2.45) is 0 Å². The zero-order valence-corrected chi connectivity index (χ0v) is 14.8. The lowest BCUT2D eigenvalue weighted by molar-refractivity contribution is -0.132. The van der Waals surface area contributed by atoms with Gasteiger partial charge in [-0.2, -0.15) is 0 Å². The predicted octanol–water partition coefficient (Wildman–Crippen LogP) is 4.93. The Morgan fingerprint density at radius 1 is 1.33 bits per heavy atom. The number of nitrogens with zero attached hydrogens (tertiary/aromatic N) is 2. The summed E-state index contributed by atoms with van der Waals surface area (Å²) in [7, 11) is 0. The molecule has 1 aromatic heterocycles. The molecule has 0 spiro atoms. The number of amides is 1. The Labute approximate surface area is 143 Å². The highest BCUT2D eigenvalue weighted by Crippen LogP contribution is 2.37. The fourth-order valence-electron chi connectivity index (χ4n) is 3.37. The molecule has 4 nitrogen and oxygen atoms in total. The quantitative estimate of drug-likeness (QED) is 0.782. The Balaban J connectivity index is 1.95. The van der Waals surface area contributed by atoms with E-state index in [4.69, 9.17) is 9.40 Å². The second kappa shape index (κ2) is 7.20. The summed E-state index contributed by atoms with van der Waals surface area (Å²) in [5.74, 6) is 2.07. The molecule has 2 aromatic rings. The van der Waals surface area contributed by atoms with E-state index < -0.39 is 0 Å². The van der Waals surface area contributed by atoms with Crippen LogP contribution in [0.4, 0.5) is 0 Å². The van der Waals surface area contributed by atoms with Crippen LogP contribution in [0.3, 0.4) is 0 Å². The minimum Gasteiger partial charge on any atom is -0.442 e. The lowest BCUT2D eigenvalue weighted by atomic mass is 10.0. The number of carbonyl (C=O) groups is 1. The lowest BCUT2D eigenvalue weighted by Crippen LogP contribution is -2.30. The number of hydrogen-bond acceptors (Lipinski definition) is 3. The molecule has 3 rings (SSSR count). The first-order valence-corrected chi connectivity index (χ1v) is 8.97. The van der Waals surface area contributed by atoms with Gasteiger partial charge in [-0.05, 0) is 19.3 Å². The van der Waals surface area contributed by atoms with Crippen LogP contribution in [-0.4, -0.2) is 22.3 Å². The lowest BCUT2D eigenvalue weighted by Gasteiger charge is -2.22. The van der Waals surface area contributed by atoms with Gasteiger partial charge >= 0.3 is 0 Å². The molecule has 128 valence electrons. The fourth-order valence-corrected chi connectivity index (χ4v) is 3.37. The Bertz CT molecular complexity index is 691. The molecule has 1 aliphatic heterocycles. The topological polar surface area (TPSA) is 46.3 Å². The third-order valence-electron chi connectivity index (χ3n) is 4.56. The third kappa shape index (κ3) is 3.23. The van der Waals surface area contributed by atoms with Crippen molar-refractivity contribution in [3.05, 3.63) is 42.0 Å². The standard InChI is InChI=1S/C20H26N2O2/c1-4-9-17(23)22-13-8-12-16(22)20-21-18(19(24-20)14(2)3)15-10-6-5-7-11-15/h5-7,10-11,14,16H,4,8-9,12-13H2,1-3H3/t16-/m0/s1. The maximum absolute atomic E-state index is 12.4. The summed E-state index contributed by atoms with van der Waals surface area (Å²) in [6.45, 7) is 7.08. The van der Waals surface area contributed by atoms with E-state index in [-0.39, 0.29) is 17.9 Å². The Hall–Kier alpha value is -2.10. The maximum atomic E-state index is 12.4. The molecule has 4 heteroatoms. The molecule has 1 saturated heterocycles. The molecular formula is C20H26N2O2. The van der Waals surface area contributed by atoms with Gasteiger partial charge in [-0.1, -0.05) is 51.1 Å². The van der Waals surface area contributed by atoms with Crippen molar-refractivity contribution in [1.82, 2.24) is 9.88 Å². The van der Waals surface area contributed by atoms with Gasteiger partial charge in [-0.25, -0.2) is 4.98 Å². The number of likely N-dealkylation sites (tertiary alicyclic amines) is 1. The molecule has 2 heterocycles. The fraction of sp³-hybridized carbons (Fsp3) is 0.500. The second-order valence-electron chi connectivity index (χ2n) is 6.78. The van der Waals surface area contributed by atoms with Crippen molar-refractivity contribution in [3.8, 4) is 11.3 Å². The molecule has 1 aromatic carbocycles. The van der Waals surface area contributed by atoms with E-state index in [9.17, 15) is 4.79 Å². The third-order valence-corrected chi connectivity index (χ3v) is 4.56. The van der Waals surface area contributed by atoms with Crippen LogP contribution in [0.25, 0.3) is 11.3 Å². The van der Waals surface area contributed by atoms with Crippen molar-refractivity contribution in [2.75, 3.05) is 6.54 Å². The maximum Gasteiger partial charge on any atom is 0.223 e. The average molecular weight is 326 g/mol. The molecule has 1 fully saturated rings. The highest BCUT2D eigenvalue weighted by molar-refractivity contribution is 5.76. The molecule has 0 N–H and O–H groups in total. The van der Waals surface area contributed by atoms with E-state index in [0.29, 0.717) is 12.3 Å². The van der Waals surface area contributed by atoms with Crippen LogP contribution >= 0.6 is 0 Å². The molecule has 1 amide bonds. The van der Waals surface area contributed by atoms with Crippen LogP contribution in [0.2, 0.25) is 0 Å². The number of rotatable bonds is 5. The van der Waals surface area contributed by atoms with Gasteiger partial charge in [-0.15, -0.1) is 0 Å². The van der Waals surface area contributed by atoms with E-state index in [2.05, 4.69) is 26.0 Å². The second-order valence-corrected chi connectivity index (χ2v) is 6.78. The smallest absolute Gasteiger partial charge is 0.223 e. The van der Waals surface area contributed by atoms with Gasteiger partial charge in [0.2, 0.25) is 11.8 Å². The number of oxazole rings is 1. The van der Waals surface area contributed by atoms with Crippen molar-refractivity contribution in [1.29, 1.82) is 0 Å². The largest absolute Gasteiger partial charge is 0.442 e. The SMILES string of the molecule is CCCC(=O)N1CCC[C@H]1c1nc(-c2ccccc2)c(C(C)C)o1. The number of benzene rings is 1. The van der Waals surface area contributed by atoms with E-state index in [1.54, 1.807) is 0 Å². The summed E-state index contributed by atoms with van der Waals surface area (Å²) in [4.78, 5) is 19.1. The van der Waals surface area contributed by atoms with Crippen LogP contribution < -0.4 is 0 Å². The Morgan fingerprint density at radius 2 is 2.08 bits per heavy atom. The summed E-state index contributed by atoms with van der Waals surface area (Å²) in [6.07, 6.45) is 3.42. The van der Waals surface area contributed by atoms with Crippen molar-refractivity contribution < 1.29 is 9.21 Å². The summed E-state index contributed by atoms with van der Waals surface area (Å²) >= 11 is 0. The molecule has 0 bridgehead atoms. The van der Waals surface area contributed by atoms with E-state index in [1.807, 2.05) is 30.0 Å².